The predicted octanol–water partition coefficient (Wildman–Crippen LogP) is 3.03. The van der Waals surface area contributed by atoms with Crippen LogP contribution in [-0.2, 0) is 4.74 Å². The third-order valence-corrected chi connectivity index (χ3v) is 4.99. The first-order valence-electron chi connectivity index (χ1n) is 10.3. The van der Waals surface area contributed by atoms with Crippen LogP contribution in [0.4, 0.5) is 10.7 Å². The van der Waals surface area contributed by atoms with E-state index in [2.05, 4.69) is 25.6 Å². The largest absolute Gasteiger partial charge is 0.497 e. The van der Waals surface area contributed by atoms with Crippen LogP contribution in [0.25, 0.3) is 16.9 Å². The van der Waals surface area contributed by atoms with Gasteiger partial charge in [-0.15, -0.1) is 5.10 Å². The Bertz CT molecular complexity index is 1050. The number of amides is 1. The van der Waals surface area contributed by atoms with Crippen LogP contribution in [0, 0.1) is 0 Å². The summed E-state index contributed by atoms with van der Waals surface area (Å²) in [6, 6.07) is 7.69. The van der Waals surface area contributed by atoms with Gasteiger partial charge >= 0.3 is 6.09 Å². The minimum atomic E-state index is -0.490. The predicted molar refractivity (Wildman–Crippen MR) is 115 cm³/mol. The number of fused-ring (bicyclic) bond motifs is 1. The molecule has 2 aromatic heterocycles. The fourth-order valence-corrected chi connectivity index (χ4v) is 3.41. The Morgan fingerprint density at radius 3 is 2.52 bits per heavy atom. The summed E-state index contributed by atoms with van der Waals surface area (Å²) in [5, 5.41) is 11.7. The van der Waals surface area contributed by atoms with Gasteiger partial charge in [-0.1, -0.05) is 5.21 Å². The number of nitrogens with zero attached hydrogens (tertiary/aromatic N) is 6. The highest BCUT2D eigenvalue weighted by molar-refractivity contribution is 5.72. The van der Waals surface area contributed by atoms with Crippen molar-refractivity contribution in [1.29, 1.82) is 0 Å². The second-order valence-corrected chi connectivity index (χ2v) is 8.49. The summed E-state index contributed by atoms with van der Waals surface area (Å²) in [6.07, 6.45) is 2.97. The molecule has 1 aliphatic heterocycles. The van der Waals surface area contributed by atoms with E-state index in [0.29, 0.717) is 30.2 Å². The van der Waals surface area contributed by atoms with E-state index in [1.165, 1.54) is 0 Å². The lowest BCUT2D eigenvalue weighted by molar-refractivity contribution is 0.0210. The van der Waals surface area contributed by atoms with Crippen molar-refractivity contribution in [3.63, 3.8) is 0 Å². The van der Waals surface area contributed by atoms with Gasteiger partial charge in [0.2, 0.25) is 5.95 Å². The van der Waals surface area contributed by atoms with Gasteiger partial charge in [0.15, 0.2) is 11.2 Å². The van der Waals surface area contributed by atoms with E-state index in [4.69, 9.17) is 9.47 Å². The third-order valence-electron chi connectivity index (χ3n) is 4.99. The van der Waals surface area contributed by atoms with Gasteiger partial charge < -0.3 is 19.7 Å². The van der Waals surface area contributed by atoms with Crippen molar-refractivity contribution in [2.75, 3.05) is 25.5 Å². The maximum atomic E-state index is 12.2. The molecule has 1 saturated heterocycles. The van der Waals surface area contributed by atoms with E-state index in [-0.39, 0.29) is 12.1 Å². The number of hydrogen-bond acceptors (Lipinski definition) is 8. The van der Waals surface area contributed by atoms with Crippen molar-refractivity contribution in [1.82, 2.24) is 29.9 Å². The number of aromatic nitrogens is 5. The normalized spacial score (nSPS) is 15.2. The molecule has 0 spiro atoms. The average molecular weight is 425 g/mol. The number of carbonyl (C=O) groups is 1. The van der Waals surface area contributed by atoms with Crippen LogP contribution in [-0.4, -0.2) is 67.8 Å². The molecule has 10 heteroatoms. The van der Waals surface area contributed by atoms with Crippen molar-refractivity contribution in [3.05, 3.63) is 30.5 Å². The second-order valence-electron chi connectivity index (χ2n) is 8.49. The monoisotopic (exact) mass is 425 g/mol. The van der Waals surface area contributed by atoms with Crippen LogP contribution in [0.15, 0.2) is 30.5 Å². The molecule has 0 atom stereocenters. The Hall–Kier alpha value is -3.43. The number of ether oxygens (including phenoxy) is 2. The van der Waals surface area contributed by atoms with E-state index in [1.54, 1.807) is 22.9 Å². The van der Waals surface area contributed by atoms with Crippen molar-refractivity contribution in [3.8, 4) is 11.4 Å². The lowest BCUT2D eigenvalue weighted by Gasteiger charge is -2.33. The summed E-state index contributed by atoms with van der Waals surface area (Å²) < 4.78 is 12.3. The summed E-state index contributed by atoms with van der Waals surface area (Å²) in [4.78, 5) is 23.0. The lowest BCUT2D eigenvalue weighted by atomic mass is 10.1. The number of anilines is 1. The SMILES string of the molecule is COc1ccc(-n2nnc3cnc(NC4CCN(C(=O)OC(C)(C)C)CC4)nc32)cc1. The third kappa shape index (κ3) is 4.84. The van der Waals surface area contributed by atoms with E-state index in [9.17, 15) is 4.79 Å². The summed E-state index contributed by atoms with van der Waals surface area (Å²) in [5.41, 5.74) is 1.57. The summed E-state index contributed by atoms with van der Waals surface area (Å²) >= 11 is 0. The highest BCUT2D eigenvalue weighted by Gasteiger charge is 2.27. The van der Waals surface area contributed by atoms with Crippen molar-refractivity contribution >= 4 is 23.2 Å². The minimum Gasteiger partial charge on any atom is -0.497 e. The zero-order valence-corrected chi connectivity index (χ0v) is 18.2. The standard InChI is InChI=1S/C21H27N7O3/c1-21(2,3)31-20(29)27-11-9-14(10-12-27)23-19-22-13-17-18(24-19)28(26-25-17)15-5-7-16(30-4)8-6-15/h5-8,13-14H,9-12H2,1-4H3,(H,22,23,24). The average Bonchev–Trinajstić information content (AvgIpc) is 3.16. The van der Waals surface area contributed by atoms with Crippen molar-refractivity contribution < 1.29 is 14.3 Å². The zero-order chi connectivity index (χ0) is 22.0. The summed E-state index contributed by atoms with van der Waals surface area (Å²) in [7, 11) is 1.63. The van der Waals surface area contributed by atoms with Gasteiger partial charge in [0.1, 0.15) is 11.4 Å². The Kier molecular flexibility index (Phi) is 5.62. The molecule has 3 heterocycles. The number of benzene rings is 1. The highest BCUT2D eigenvalue weighted by atomic mass is 16.6. The molecular formula is C21H27N7O3. The van der Waals surface area contributed by atoms with Crippen molar-refractivity contribution in [2.24, 2.45) is 0 Å². The fraction of sp³-hybridized carbons (Fsp3) is 0.476. The minimum absolute atomic E-state index is 0.168. The number of hydrogen-bond donors (Lipinski definition) is 1. The summed E-state index contributed by atoms with van der Waals surface area (Å²) in [6.45, 7) is 6.87. The molecule has 0 bridgehead atoms. The molecule has 3 aromatic rings. The molecule has 10 nitrogen and oxygen atoms in total. The lowest BCUT2D eigenvalue weighted by Crippen LogP contribution is -2.44. The first-order valence-corrected chi connectivity index (χ1v) is 10.3. The van der Waals surface area contributed by atoms with E-state index < -0.39 is 5.60 Å². The Balaban J connectivity index is 1.43. The number of carbonyl (C=O) groups excluding carboxylic acids is 1. The molecular weight excluding hydrogens is 398 g/mol. The molecule has 1 aliphatic rings. The number of piperidine rings is 1. The second kappa shape index (κ2) is 8.37. The summed E-state index contributed by atoms with van der Waals surface area (Å²) in [5.74, 6) is 1.28. The molecule has 164 valence electrons. The van der Waals surface area contributed by atoms with E-state index in [1.807, 2.05) is 45.0 Å². The van der Waals surface area contributed by atoms with Crippen LogP contribution in [0.5, 0.6) is 5.75 Å². The number of rotatable bonds is 4. The van der Waals surface area contributed by atoms with Gasteiger partial charge in [0.05, 0.1) is 19.0 Å². The molecule has 0 saturated carbocycles. The Morgan fingerprint density at radius 1 is 1.16 bits per heavy atom. The molecule has 0 aliphatic carbocycles. The molecule has 1 aromatic carbocycles. The first kappa shape index (κ1) is 20.8. The number of nitrogens with one attached hydrogen (secondary N) is 1. The van der Waals surface area contributed by atoms with Gasteiger partial charge in [-0.2, -0.15) is 9.67 Å². The number of likely N-dealkylation sites (tertiary alicyclic amines) is 1. The first-order chi connectivity index (χ1) is 14.8. The molecule has 0 radical (unpaired) electrons. The van der Waals surface area contributed by atoms with Crippen LogP contribution < -0.4 is 10.1 Å². The maximum absolute atomic E-state index is 12.2. The smallest absolute Gasteiger partial charge is 0.410 e. The van der Waals surface area contributed by atoms with E-state index >= 15 is 0 Å². The maximum Gasteiger partial charge on any atom is 0.410 e. The quantitative estimate of drug-likeness (QED) is 0.680. The topological polar surface area (TPSA) is 107 Å². The van der Waals surface area contributed by atoms with Gasteiger partial charge in [-0.05, 0) is 57.9 Å². The Labute approximate surface area is 180 Å². The van der Waals surface area contributed by atoms with Gasteiger partial charge in [0, 0.05) is 19.1 Å². The van der Waals surface area contributed by atoms with Crippen LogP contribution in [0.2, 0.25) is 0 Å². The molecule has 4 rings (SSSR count). The fourth-order valence-electron chi connectivity index (χ4n) is 3.41. The van der Waals surface area contributed by atoms with Gasteiger partial charge in [0.25, 0.3) is 0 Å². The van der Waals surface area contributed by atoms with Crippen LogP contribution >= 0.6 is 0 Å². The molecule has 0 unspecified atom stereocenters. The Morgan fingerprint density at radius 2 is 1.87 bits per heavy atom. The molecule has 31 heavy (non-hydrogen) atoms. The van der Waals surface area contributed by atoms with E-state index in [0.717, 1.165) is 24.3 Å². The van der Waals surface area contributed by atoms with Crippen LogP contribution in [0.3, 0.4) is 0 Å². The molecule has 1 amide bonds. The number of methoxy groups -OCH3 is 1. The van der Waals surface area contributed by atoms with Crippen molar-refractivity contribution in [2.45, 2.75) is 45.3 Å². The molecule has 1 N–H and O–H groups in total. The van der Waals surface area contributed by atoms with Gasteiger partial charge in [-0.3, -0.25) is 0 Å². The zero-order valence-electron chi connectivity index (χ0n) is 18.2. The molecule has 1 fully saturated rings. The van der Waals surface area contributed by atoms with Gasteiger partial charge in [-0.25, -0.2) is 9.78 Å². The highest BCUT2D eigenvalue weighted by Crippen LogP contribution is 2.20. The van der Waals surface area contributed by atoms with Crippen LogP contribution in [0.1, 0.15) is 33.6 Å².